The summed E-state index contributed by atoms with van der Waals surface area (Å²) >= 11 is 1.37. The maximum atomic E-state index is 12.7. The second kappa shape index (κ2) is 6.53. The molecule has 0 saturated carbocycles. The van der Waals surface area contributed by atoms with E-state index in [9.17, 15) is 19.5 Å². The molecule has 2 atom stereocenters. The number of nitrogens with one attached hydrogen (secondary N) is 1. The van der Waals surface area contributed by atoms with E-state index in [0.717, 1.165) is 5.56 Å². The van der Waals surface area contributed by atoms with Crippen molar-refractivity contribution in [2.45, 2.75) is 24.4 Å². The number of aliphatic carboxylic acids is 1. The molecule has 2 heterocycles. The Morgan fingerprint density at radius 2 is 2.08 bits per heavy atom. The molecule has 1 aromatic rings. The SMILES string of the molecule is CO[C@@]1(NC(=O)Cc2ccccc2)C(=O)N2C(C(=O)O)=C(C)CS[C@@H]21. The number of benzene rings is 1. The van der Waals surface area contributed by atoms with Crippen LogP contribution in [0.15, 0.2) is 41.6 Å². The summed E-state index contributed by atoms with van der Waals surface area (Å²) < 4.78 is 5.37. The molecule has 0 aromatic heterocycles. The summed E-state index contributed by atoms with van der Waals surface area (Å²) in [5.41, 5.74) is -0.132. The molecule has 25 heavy (non-hydrogen) atoms. The van der Waals surface area contributed by atoms with Crippen LogP contribution in [0.2, 0.25) is 0 Å². The molecule has 0 aliphatic carbocycles. The fraction of sp³-hybridized carbons (Fsp3) is 0.353. The summed E-state index contributed by atoms with van der Waals surface area (Å²) in [5, 5.41) is 11.4. The second-order valence-electron chi connectivity index (χ2n) is 5.92. The molecule has 1 saturated heterocycles. The van der Waals surface area contributed by atoms with Crippen LogP contribution < -0.4 is 5.32 Å². The Kier molecular flexibility index (Phi) is 4.57. The minimum atomic E-state index is -1.53. The Labute approximate surface area is 149 Å². The summed E-state index contributed by atoms with van der Waals surface area (Å²) in [7, 11) is 1.34. The zero-order valence-corrected chi connectivity index (χ0v) is 14.6. The average Bonchev–Trinajstić information content (AvgIpc) is 2.59. The highest BCUT2D eigenvalue weighted by molar-refractivity contribution is 8.00. The Morgan fingerprint density at radius 3 is 2.68 bits per heavy atom. The Hall–Kier alpha value is -2.32. The van der Waals surface area contributed by atoms with Gasteiger partial charge in [-0.3, -0.25) is 14.5 Å². The third-order valence-corrected chi connectivity index (χ3v) is 5.74. The molecular weight excluding hydrogens is 344 g/mol. The highest BCUT2D eigenvalue weighted by atomic mass is 32.2. The van der Waals surface area contributed by atoms with Crippen molar-refractivity contribution in [3.63, 3.8) is 0 Å². The molecule has 7 nitrogen and oxygen atoms in total. The number of hydrogen-bond acceptors (Lipinski definition) is 5. The van der Waals surface area contributed by atoms with Gasteiger partial charge in [0.15, 0.2) is 0 Å². The van der Waals surface area contributed by atoms with E-state index in [1.807, 2.05) is 30.3 Å². The van der Waals surface area contributed by atoms with Crippen LogP contribution in [-0.4, -0.2) is 51.8 Å². The molecule has 2 aliphatic rings. The molecule has 0 spiro atoms. The standard InChI is InChI=1S/C17H18N2O5S/c1-10-9-25-16-17(24-2,15(23)19(16)13(10)14(21)22)18-12(20)8-11-6-4-3-5-7-11/h3-7,16H,8-9H2,1-2H3,(H,18,20)(H,21,22)/t16-,17+/m1/s1. The summed E-state index contributed by atoms with van der Waals surface area (Å²) in [4.78, 5) is 37.7. The van der Waals surface area contributed by atoms with E-state index in [0.29, 0.717) is 11.3 Å². The molecule has 2 aliphatic heterocycles. The van der Waals surface area contributed by atoms with Crippen LogP contribution in [-0.2, 0) is 25.5 Å². The zero-order chi connectivity index (χ0) is 18.2. The van der Waals surface area contributed by atoms with E-state index in [4.69, 9.17) is 4.74 Å². The van der Waals surface area contributed by atoms with Crippen molar-refractivity contribution in [2.75, 3.05) is 12.9 Å². The van der Waals surface area contributed by atoms with Gasteiger partial charge in [-0.1, -0.05) is 30.3 Å². The first-order valence-corrected chi connectivity index (χ1v) is 8.74. The number of ether oxygens (including phenoxy) is 1. The zero-order valence-electron chi connectivity index (χ0n) is 13.8. The molecule has 1 aromatic carbocycles. The normalized spacial score (nSPS) is 25.3. The fourth-order valence-corrected chi connectivity index (χ4v) is 4.45. The van der Waals surface area contributed by atoms with Crippen molar-refractivity contribution in [1.82, 2.24) is 10.2 Å². The Balaban J connectivity index is 1.80. The van der Waals surface area contributed by atoms with Gasteiger partial charge in [-0.2, -0.15) is 0 Å². The number of carboxylic acids is 1. The number of methoxy groups -OCH3 is 1. The predicted molar refractivity (Wildman–Crippen MR) is 91.5 cm³/mol. The van der Waals surface area contributed by atoms with Gasteiger partial charge in [0.25, 0.3) is 11.6 Å². The van der Waals surface area contributed by atoms with Crippen LogP contribution in [0.1, 0.15) is 12.5 Å². The molecule has 3 rings (SSSR count). The third-order valence-electron chi connectivity index (χ3n) is 4.28. The largest absolute Gasteiger partial charge is 0.477 e. The molecule has 132 valence electrons. The van der Waals surface area contributed by atoms with Crippen LogP contribution in [0, 0.1) is 0 Å². The number of nitrogens with zero attached hydrogens (tertiary/aromatic N) is 1. The lowest BCUT2D eigenvalue weighted by molar-refractivity contribution is -0.192. The lowest BCUT2D eigenvalue weighted by Gasteiger charge is -2.55. The van der Waals surface area contributed by atoms with Crippen LogP contribution in [0.25, 0.3) is 0 Å². The number of rotatable bonds is 5. The first-order valence-electron chi connectivity index (χ1n) is 7.69. The molecule has 1 fully saturated rings. The van der Waals surface area contributed by atoms with Gasteiger partial charge in [-0.15, -0.1) is 11.8 Å². The summed E-state index contributed by atoms with van der Waals surface area (Å²) in [6.07, 6.45) is 0.108. The maximum Gasteiger partial charge on any atom is 0.352 e. The number of β-lactam (4-membered cyclic amide) rings is 1. The number of carboxylic acid groups (broad SMARTS) is 1. The van der Waals surface area contributed by atoms with E-state index in [1.54, 1.807) is 6.92 Å². The monoisotopic (exact) mass is 362 g/mol. The molecule has 8 heteroatoms. The number of amides is 2. The quantitative estimate of drug-likeness (QED) is 0.598. The molecule has 2 amide bonds. The van der Waals surface area contributed by atoms with Gasteiger partial charge in [0, 0.05) is 12.9 Å². The number of fused-ring (bicyclic) bond motifs is 1. The molecule has 0 bridgehead atoms. The van der Waals surface area contributed by atoms with Crippen molar-refractivity contribution in [3.8, 4) is 0 Å². The van der Waals surface area contributed by atoms with Crippen LogP contribution in [0.4, 0.5) is 0 Å². The maximum absolute atomic E-state index is 12.7. The predicted octanol–water partition coefficient (Wildman–Crippen LogP) is 0.962. The highest BCUT2D eigenvalue weighted by Gasteiger charge is 2.66. The Morgan fingerprint density at radius 1 is 1.40 bits per heavy atom. The fourth-order valence-electron chi connectivity index (χ4n) is 3.07. The topological polar surface area (TPSA) is 95.9 Å². The van der Waals surface area contributed by atoms with Crippen molar-refractivity contribution in [2.24, 2.45) is 0 Å². The second-order valence-corrected chi connectivity index (χ2v) is 6.99. The average molecular weight is 362 g/mol. The van der Waals surface area contributed by atoms with Gasteiger partial charge in [0.05, 0.1) is 6.42 Å². The molecule has 2 N–H and O–H groups in total. The highest BCUT2D eigenvalue weighted by Crippen LogP contribution is 2.46. The number of carbonyl (C=O) groups excluding carboxylic acids is 2. The first kappa shape index (κ1) is 17.5. The van der Waals surface area contributed by atoms with Crippen molar-refractivity contribution >= 4 is 29.5 Å². The lowest BCUT2D eigenvalue weighted by atomic mass is 9.98. The Bertz CT molecular complexity index is 764. The summed E-state index contributed by atoms with van der Waals surface area (Å²) in [6.45, 7) is 1.68. The van der Waals surface area contributed by atoms with E-state index in [1.165, 1.54) is 23.8 Å². The van der Waals surface area contributed by atoms with E-state index in [2.05, 4.69) is 5.32 Å². The van der Waals surface area contributed by atoms with Crippen molar-refractivity contribution < 1.29 is 24.2 Å². The third kappa shape index (κ3) is 2.81. The van der Waals surface area contributed by atoms with Gasteiger partial charge >= 0.3 is 5.97 Å². The van der Waals surface area contributed by atoms with E-state index in [-0.39, 0.29) is 18.0 Å². The van der Waals surface area contributed by atoms with Crippen LogP contribution in [0.5, 0.6) is 0 Å². The molecular formula is C17H18N2O5S. The molecule has 0 unspecified atom stereocenters. The minimum Gasteiger partial charge on any atom is -0.477 e. The van der Waals surface area contributed by atoms with Crippen molar-refractivity contribution in [3.05, 3.63) is 47.2 Å². The van der Waals surface area contributed by atoms with Crippen LogP contribution in [0.3, 0.4) is 0 Å². The van der Waals surface area contributed by atoms with Gasteiger partial charge in [0.1, 0.15) is 11.1 Å². The van der Waals surface area contributed by atoms with Gasteiger partial charge < -0.3 is 15.2 Å². The lowest BCUT2D eigenvalue weighted by Crippen LogP contribution is -2.80. The summed E-state index contributed by atoms with van der Waals surface area (Å²) in [6, 6.07) is 9.14. The van der Waals surface area contributed by atoms with E-state index >= 15 is 0 Å². The number of hydrogen-bond donors (Lipinski definition) is 2. The van der Waals surface area contributed by atoms with Gasteiger partial charge in [-0.05, 0) is 18.1 Å². The number of thioether (sulfide) groups is 1. The van der Waals surface area contributed by atoms with Crippen molar-refractivity contribution in [1.29, 1.82) is 0 Å². The summed E-state index contributed by atoms with van der Waals surface area (Å²) in [5.74, 6) is -1.62. The van der Waals surface area contributed by atoms with Gasteiger partial charge in [0.2, 0.25) is 5.91 Å². The van der Waals surface area contributed by atoms with Gasteiger partial charge in [-0.25, -0.2) is 4.79 Å². The number of carbonyl (C=O) groups is 3. The molecule has 0 radical (unpaired) electrons. The minimum absolute atomic E-state index is 0.0290. The van der Waals surface area contributed by atoms with Crippen LogP contribution >= 0.6 is 11.8 Å². The smallest absolute Gasteiger partial charge is 0.352 e. The first-order chi connectivity index (χ1) is 11.9. The van der Waals surface area contributed by atoms with E-state index < -0.39 is 23.0 Å².